The van der Waals surface area contributed by atoms with Crippen LogP contribution in [0.3, 0.4) is 0 Å². The van der Waals surface area contributed by atoms with E-state index in [1.807, 2.05) is 0 Å². The van der Waals surface area contributed by atoms with Crippen LogP contribution in [0.4, 0.5) is 10.1 Å². The van der Waals surface area contributed by atoms with Crippen LogP contribution in [0.25, 0.3) is 0 Å². The van der Waals surface area contributed by atoms with Crippen molar-refractivity contribution in [3.63, 3.8) is 0 Å². The summed E-state index contributed by atoms with van der Waals surface area (Å²) in [6, 6.07) is 19.9. The molecule has 9 nitrogen and oxygen atoms in total. The second-order valence-electron chi connectivity index (χ2n) is 8.99. The van der Waals surface area contributed by atoms with E-state index in [1.54, 1.807) is 43.3 Å². The Morgan fingerprint density at radius 2 is 1.68 bits per heavy atom. The number of anilines is 1. The number of nitrogens with one attached hydrogen (secondary N) is 2. The van der Waals surface area contributed by atoms with Gasteiger partial charge in [0.1, 0.15) is 23.4 Å². The molecular formula is C29H27ClFN3O6S. The standard InChI is InChI=1S/C29H27ClFN3O6S/c1-20(29(36)32-17-26-3-2-16-39-26)34(18-21-4-6-22(30)7-5-21)28(35)19-40-25-12-14-27(15-13-25)41(37,38)33-24-10-8-23(31)9-11-24/h2-16,20,33H,17-19H2,1H3,(H,32,36)/t20-/m0/s1. The first-order valence-electron chi connectivity index (χ1n) is 12.5. The molecule has 0 radical (unpaired) electrons. The van der Waals surface area contributed by atoms with E-state index >= 15 is 0 Å². The van der Waals surface area contributed by atoms with E-state index < -0.39 is 34.4 Å². The van der Waals surface area contributed by atoms with Gasteiger partial charge in [0.25, 0.3) is 15.9 Å². The van der Waals surface area contributed by atoms with Crippen LogP contribution in [0.15, 0.2) is 101 Å². The molecule has 0 saturated heterocycles. The van der Waals surface area contributed by atoms with Crippen molar-refractivity contribution >= 4 is 39.1 Å². The third-order valence-corrected chi connectivity index (χ3v) is 7.69. The Balaban J connectivity index is 1.41. The van der Waals surface area contributed by atoms with Gasteiger partial charge >= 0.3 is 0 Å². The SMILES string of the molecule is C[C@@H](C(=O)NCc1ccco1)N(Cc1ccc(Cl)cc1)C(=O)COc1ccc(S(=O)(=O)Nc2ccc(F)cc2)cc1. The van der Waals surface area contributed by atoms with Crippen LogP contribution in [0, 0.1) is 5.82 Å². The molecule has 0 aliphatic rings. The maximum atomic E-state index is 13.3. The monoisotopic (exact) mass is 599 g/mol. The van der Waals surface area contributed by atoms with Gasteiger partial charge in [0.15, 0.2) is 6.61 Å². The topological polar surface area (TPSA) is 118 Å². The number of halogens is 2. The highest BCUT2D eigenvalue weighted by Crippen LogP contribution is 2.20. The van der Waals surface area contributed by atoms with E-state index in [0.29, 0.717) is 10.8 Å². The zero-order valence-electron chi connectivity index (χ0n) is 21.9. The Kier molecular flexibility index (Phi) is 9.64. The van der Waals surface area contributed by atoms with E-state index in [2.05, 4.69) is 10.0 Å². The minimum atomic E-state index is -3.93. The van der Waals surface area contributed by atoms with Gasteiger partial charge in [0.05, 0.1) is 17.7 Å². The third kappa shape index (κ3) is 8.32. The summed E-state index contributed by atoms with van der Waals surface area (Å²) in [7, 11) is -3.93. The van der Waals surface area contributed by atoms with Gasteiger partial charge < -0.3 is 19.4 Å². The number of hydrogen-bond acceptors (Lipinski definition) is 6. The van der Waals surface area contributed by atoms with Crippen molar-refractivity contribution in [1.29, 1.82) is 0 Å². The summed E-state index contributed by atoms with van der Waals surface area (Å²) in [4.78, 5) is 27.5. The molecule has 0 bridgehead atoms. The molecule has 0 spiro atoms. The van der Waals surface area contributed by atoms with E-state index in [0.717, 1.165) is 17.7 Å². The lowest BCUT2D eigenvalue weighted by Gasteiger charge is -2.28. The summed E-state index contributed by atoms with van der Waals surface area (Å²) in [5, 5.41) is 3.30. The molecule has 0 fully saturated rings. The number of amides is 2. The number of ether oxygens (including phenoxy) is 1. The van der Waals surface area contributed by atoms with Gasteiger partial charge in [-0.1, -0.05) is 23.7 Å². The number of furan rings is 1. The van der Waals surface area contributed by atoms with Crippen LogP contribution in [-0.2, 0) is 32.7 Å². The van der Waals surface area contributed by atoms with Gasteiger partial charge in [-0.25, -0.2) is 12.8 Å². The van der Waals surface area contributed by atoms with Gasteiger partial charge in [0, 0.05) is 17.3 Å². The van der Waals surface area contributed by atoms with Crippen molar-refractivity contribution in [1.82, 2.24) is 10.2 Å². The van der Waals surface area contributed by atoms with Crippen molar-refractivity contribution in [2.24, 2.45) is 0 Å². The van der Waals surface area contributed by atoms with Crippen molar-refractivity contribution < 1.29 is 31.6 Å². The number of carbonyl (C=O) groups excluding carboxylic acids is 2. The number of carbonyl (C=O) groups is 2. The van der Waals surface area contributed by atoms with E-state index in [1.165, 1.54) is 47.6 Å². The first kappa shape index (κ1) is 29.6. The zero-order chi connectivity index (χ0) is 29.4. The average molecular weight is 600 g/mol. The van der Waals surface area contributed by atoms with Gasteiger partial charge in [-0.3, -0.25) is 14.3 Å². The Morgan fingerprint density at radius 1 is 1.00 bits per heavy atom. The summed E-state index contributed by atoms with van der Waals surface area (Å²) in [5.74, 6) is -0.509. The van der Waals surface area contributed by atoms with Crippen LogP contribution in [0.2, 0.25) is 5.02 Å². The van der Waals surface area contributed by atoms with Crippen LogP contribution < -0.4 is 14.8 Å². The quantitative estimate of drug-likeness (QED) is 0.237. The fraction of sp³-hybridized carbons (Fsp3) is 0.172. The first-order valence-corrected chi connectivity index (χ1v) is 14.3. The summed E-state index contributed by atoms with van der Waals surface area (Å²) in [6.45, 7) is 1.50. The molecule has 1 atom stereocenters. The van der Waals surface area contributed by atoms with Crippen LogP contribution >= 0.6 is 11.6 Å². The molecule has 2 amide bonds. The Hall–Kier alpha value is -4.35. The minimum absolute atomic E-state index is 0.0493. The smallest absolute Gasteiger partial charge is 0.261 e. The normalized spacial score (nSPS) is 11.9. The molecule has 0 unspecified atom stereocenters. The molecule has 12 heteroatoms. The van der Waals surface area contributed by atoms with Gasteiger partial charge in [-0.15, -0.1) is 0 Å². The maximum Gasteiger partial charge on any atom is 0.261 e. The number of hydrogen-bond donors (Lipinski definition) is 2. The summed E-state index contributed by atoms with van der Waals surface area (Å²) >= 11 is 5.99. The number of sulfonamides is 1. The second-order valence-corrected chi connectivity index (χ2v) is 11.1. The van der Waals surface area contributed by atoms with Crippen LogP contribution in [0.5, 0.6) is 5.75 Å². The maximum absolute atomic E-state index is 13.3. The molecule has 4 aromatic rings. The van der Waals surface area contributed by atoms with E-state index in [-0.39, 0.29) is 35.3 Å². The molecular weight excluding hydrogens is 573 g/mol. The highest BCUT2D eigenvalue weighted by Gasteiger charge is 2.27. The van der Waals surface area contributed by atoms with Crippen molar-refractivity contribution in [2.75, 3.05) is 11.3 Å². The molecule has 2 N–H and O–H groups in total. The Bertz CT molecular complexity index is 1560. The lowest BCUT2D eigenvalue weighted by Crippen LogP contribution is -2.48. The summed E-state index contributed by atoms with van der Waals surface area (Å²) < 4.78 is 51.7. The Labute approximate surface area is 241 Å². The van der Waals surface area contributed by atoms with Crippen molar-refractivity contribution in [3.8, 4) is 5.75 Å². The molecule has 1 aromatic heterocycles. The van der Waals surface area contributed by atoms with Gasteiger partial charge in [-0.05, 0) is 85.3 Å². The van der Waals surface area contributed by atoms with Crippen LogP contribution in [-0.4, -0.2) is 37.8 Å². The molecule has 214 valence electrons. The van der Waals surface area contributed by atoms with Gasteiger partial charge in [0.2, 0.25) is 5.91 Å². The lowest BCUT2D eigenvalue weighted by atomic mass is 10.1. The summed E-state index contributed by atoms with van der Waals surface area (Å²) in [5.41, 5.74) is 0.970. The van der Waals surface area contributed by atoms with Gasteiger partial charge in [-0.2, -0.15) is 0 Å². The fourth-order valence-electron chi connectivity index (χ4n) is 3.78. The fourth-order valence-corrected chi connectivity index (χ4v) is 4.96. The number of rotatable bonds is 12. The molecule has 41 heavy (non-hydrogen) atoms. The molecule has 1 heterocycles. The summed E-state index contributed by atoms with van der Waals surface area (Å²) in [6.07, 6.45) is 1.50. The molecule has 0 saturated carbocycles. The van der Waals surface area contributed by atoms with E-state index in [4.69, 9.17) is 20.8 Å². The van der Waals surface area contributed by atoms with Crippen LogP contribution in [0.1, 0.15) is 18.2 Å². The predicted octanol–water partition coefficient (Wildman–Crippen LogP) is 4.99. The Morgan fingerprint density at radius 3 is 2.32 bits per heavy atom. The first-order chi connectivity index (χ1) is 19.6. The average Bonchev–Trinajstić information content (AvgIpc) is 3.49. The zero-order valence-corrected chi connectivity index (χ0v) is 23.5. The highest BCUT2D eigenvalue weighted by atomic mass is 35.5. The highest BCUT2D eigenvalue weighted by molar-refractivity contribution is 7.92. The van der Waals surface area contributed by atoms with Crippen molar-refractivity contribution in [3.05, 3.63) is 113 Å². The molecule has 4 rings (SSSR count). The second kappa shape index (κ2) is 13.3. The number of nitrogens with zero attached hydrogens (tertiary/aromatic N) is 1. The minimum Gasteiger partial charge on any atom is -0.484 e. The van der Waals surface area contributed by atoms with E-state index in [9.17, 15) is 22.4 Å². The molecule has 0 aliphatic carbocycles. The lowest BCUT2D eigenvalue weighted by molar-refractivity contribution is -0.142. The molecule has 3 aromatic carbocycles. The third-order valence-electron chi connectivity index (χ3n) is 6.04. The number of benzene rings is 3. The predicted molar refractivity (Wildman–Crippen MR) is 151 cm³/mol. The molecule has 0 aliphatic heterocycles. The largest absolute Gasteiger partial charge is 0.484 e. The van der Waals surface area contributed by atoms with Crippen molar-refractivity contribution in [2.45, 2.75) is 31.0 Å².